The van der Waals surface area contributed by atoms with Crippen LogP contribution < -0.4 is 0 Å². The first-order chi connectivity index (χ1) is 9.59. The number of halogens is 1. The molecule has 98 valence electrons. The summed E-state index contributed by atoms with van der Waals surface area (Å²) in [4.78, 5) is 0. The smallest absolute Gasteiger partial charge is 0.0181 e. The SMILES string of the molecule is CC1(C)c2ccccc2-c2ccc3cc(Br)ccc3c21. The third-order valence-corrected chi connectivity index (χ3v) is 4.99. The van der Waals surface area contributed by atoms with Gasteiger partial charge >= 0.3 is 0 Å². The predicted molar refractivity (Wildman–Crippen MR) is 89.2 cm³/mol. The average molecular weight is 323 g/mol. The quantitative estimate of drug-likeness (QED) is 0.482. The molecule has 0 aliphatic heterocycles. The van der Waals surface area contributed by atoms with E-state index in [0.717, 1.165) is 4.47 Å². The molecule has 4 rings (SSSR count). The van der Waals surface area contributed by atoms with E-state index < -0.39 is 0 Å². The van der Waals surface area contributed by atoms with Gasteiger partial charge in [0.15, 0.2) is 0 Å². The van der Waals surface area contributed by atoms with Crippen LogP contribution in [0.4, 0.5) is 0 Å². The van der Waals surface area contributed by atoms with Gasteiger partial charge in [-0.25, -0.2) is 0 Å². The molecule has 0 saturated carbocycles. The van der Waals surface area contributed by atoms with E-state index in [9.17, 15) is 0 Å². The summed E-state index contributed by atoms with van der Waals surface area (Å²) < 4.78 is 1.14. The van der Waals surface area contributed by atoms with Gasteiger partial charge in [-0.3, -0.25) is 0 Å². The largest absolute Gasteiger partial charge is 0.0619 e. The highest BCUT2D eigenvalue weighted by atomic mass is 79.9. The van der Waals surface area contributed by atoms with Gasteiger partial charge in [-0.05, 0) is 45.2 Å². The highest BCUT2D eigenvalue weighted by molar-refractivity contribution is 9.10. The lowest BCUT2D eigenvalue weighted by atomic mass is 9.80. The molecule has 1 aliphatic rings. The maximum Gasteiger partial charge on any atom is 0.0181 e. The summed E-state index contributed by atoms with van der Waals surface area (Å²) in [6, 6.07) is 19.9. The fourth-order valence-electron chi connectivity index (χ4n) is 3.60. The standard InChI is InChI=1S/C19H15Br/c1-19(2)17-6-4-3-5-15(17)16-9-7-12-11-13(20)8-10-14(12)18(16)19/h3-11H,1-2H3. The molecule has 1 heteroatoms. The molecule has 3 aromatic carbocycles. The number of benzene rings is 3. The molecule has 0 saturated heterocycles. The lowest BCUT2D eigenvalue weighted by molar-refractivity contribution is 0.666. The van der Waals surface area contributed by atoms with Crippen molar-refractivity contribution in [3.05, 3.63) is 70.2 Å². The summed E-state index contributed by atoms with van der Waals surface area (Å²) in [7, 11) is 0. The Hall–Kier alpha value is -1.60. The molecule has 0 atom stereocenters. The van der Waals surface area contributed by atoms with Gasteiger partial charge in [-0.1, -0.05) is 72.2 Å². The minimum atomic E-state index is 0.0687. The monoisotopic (exact) mass is 322 g/mol. The van der Waals surface area contributed by atoms with Crippen LogP contribution in [0.1, 0.15) is 25.0 Å². The Morgan fingerprint density at radius 1 is 0.850 bits per heavy atom. The molecule has 0 bridgehead atoms. The second kappa shape index (κ2) is 3.95. The van der Waals surface area contributed by atoms with Crippen molar-refractivity contribution in [3.63, 3.8) is 0 Å². The van der Waals surface area contributed by atoms with E-state index in [1.807, 2.05) is 0 Å². The van der Waals surface area contributed by atoms with Crippen LogP contribution >= 0.6 is 15.9 Å². The summed E-state index contributed by atoms with van der Waals surface area (Å²) >= 11 is 3.57. The molecular weight excluding hydrogens is 308 g/mol. The van der Waals surface area contributed by atoms with Gasteiger partial charge in [-0.15, -0.1) is 0 Å². The van der Waals surface area contributed by atoms with E-state index in [-0.39, 0.29) is 5.41 Å². The maximum absolute atomic E-state index is 3.57. The van der Waals surface area contributed by atoms with Gasteiger partial charge in [0.2, 0.25) is 0 Å². The fourth-order valence-corrected chi connectivity index (χ4v) is 3.97. The molecule has 0 N–H and O–H groups in total. The van der Waals surface area contributed by atoms with E-state index in [2.05, 4.69) is 84.4 Å². The molecule has 3 aromatic rings. The fraction of sp³-hybridized carbons (Fsp3) is 0.158. The predicted octanol–water partition coefficient (Wildman–Crippen LogP) is 5.91. The Morgan fingerprint density at radius 2 is 1.65 bits per heavy atom. The zero-order valence-electron chi connectivity index (χ0n) is 11.6. The van der Waals surface area contributed by atoms with Crippen molar-refractivity contribution in [2.24, 2.45) is 0 Å². The summed E-state index contributed by atoms with van der Waals surface area (Å²) in [6.07, 6.45) is 0. The van der Waals surface area contributed by atoms with Crippen molar-refractivity contribution in [1.82, 2.24) is 0 Å². The van der Waals surface area contributed by atoms with Crippen molar-refractivity contribution in [2.45, 2.75) is 19.3 Å². The van der Waals surface area contributed by atoms with E-state index >= 15 is 0 Å². The van der Waals surface area contributed by atoms with Gasteiger partial charge in [0.25, 0.3) is 0 Å². The lowest BCUT2D eigenvalue weighted by Gasteiger charge is -2.23. The van der Waals surface area contributed by atoms with Crippen LogP contribution in [0.3, 0.4) is 0 Å². The van der Waals surface area contributed by atoms with Crippen LogP contribution in [0.5, 0.6) is 0 Å². The van der Waals surface area contributed by atoms with Gasteiger partial charge in [-0.2, -0.15) is 0 Å². The highest BCUT2D eigenvalue weighted by Gasteiger charge is 2.36. The van der Waals surface area contributed by atoms with E-state index in [0.29, 0.717) is 0 Å². The van der Waals surface area contributed by atoms with E-state index in [1.54, 1.807) is 0 Å². The first-order valence-electron chi connectivity index (χ1n) is 6.92. The van der Waals surface area contributed by atoms with Gasteiger partial charge in [0.1, 0.15) is 0 Å². The van der Waals surface area contributed by atoms with Crippen LogP contribution in [-0.4, -0.2) is 0 Å². The minimum Gasteiger partial charge on any atom is -0.0619 e. The van der Waals surface area contributed by atoms with Crippen LogP contribution in [0, 0.1) is 0 Å². The topological polar surface area (TPSA) is 0 Å². The third-order valence-electron chi connectivity index (χ3n) is 4.50. The lowest BCUT2D eigenvalue weighted by Crippen LogP contribution is -2.15. The number of hydrogen-bond acceptors (Lipinski definition) is 0. The zero-order valence-corrected chi connectivity index (χ0v) is 13.2. The van der Waals surface area contributed by atoms with Gasteiger partial charge in [0, 0.05) is 9.89 Å². The van der Waals surface area contributed by atoms with Crippen LogP contribution in [0.25, 0.3) is 21.9 Å². The minimum absolute atomic E-state index is 0.0687. The number of rotatable bonds is 0. The number of hydrogen-bond donors (Lipinski definition) is 0. The van der Waals surface area contributed by atoms with Crippen LogP contribution in [-0.2, 0) is 5.41 Å². The van der Waals surface area contributed by atoms with Gasteiger partial charge in [0.05, 0.1) is 0 Å². The Labute approximate surface area is 127 Å². The maximum atomic E-state index is 3.57. The van der Waals surface area contributed by atoms with E-state index in [1.165, 1.54) is 33.0 Å². The Morgan fingerprint density at radius 3 is 2.50 bits per heavy atom. The van der Waals surface area contributed by atoms with Crippen molar-refractivity contribution < 1.29 is 0 Å². The first kappa shape index (κ1) is 12.2. The summed E-state index contributed by atoms with van der Waals surface area (Å²) in [5.41, 5.74) is 5.74. The Kier molecular flexibility index (Phi) is 2.41. The molecule has 0 spiro atoms. The summed E-state index contributed by atoms with van der Waals surface area (Å²) in [5.74, 6) is 0. The van der Waals surface area contributed by atoms with Crippen LogP contribution in [0.2, 0.25) is 0 Å². The summed E-state index contributed by atoms with van der Waals surface area (Å²) in [5, 5.41) is 2.67. The molecule has 0 heterocycles. The first-order valence-corrected chi connectivity index (χ1v) is 7.71. The molecule has 0 amide bonds. The Bertz CT molecular complexity index is 844. The molecule has 0 aromatic heterocycles. The molecule has 0 nitrogen and oxygen atoms in total. The Balaban J connectivity index is 2.17. The molecule has 0 fully saturated rings. The molecule has 1 aliphatic carbocycles. The van der Waals surface area contributed by atoms with Crippen molar-refractivity contribution in [3.8, 4) is 11.1 Å². The summed E-state index contributed by atoms with van der Waals surface area (Å²) in [6.45, 7) is 4.66. The highest BCUT2D eigenvalue weighted by Crippen LogP contribution is 2.51. The molecule has 20 heavy (non-hydrogen) atoms. The van der Waals surface area contributed by atoms with Crippen LogP contribution in [0.15, 0.2) is 59.1 Å². The normalized spacial score (nSPS) is 15.2. The van der Waals surface area contributed by atoms with Crippen molar-refractivity contribution in [2.75, 3.05) is 0 Å². The molecule has 0 radical (unpaired) electrons. The number of fused-ring (bicyclic) bond motifs is 5. The van der Waals surface area contributed by atoms with Gasteiger partial charge < -0.3 is 0 Å². The average Bonchev–Trinajstić information content (AvgIpc) is 2.68. The van der Waals surface area contributed by atoms with Crippen molar-refractivity contribution in [1.29, 1.82) is 0 Å². The molecular formula is C19H15Br. The van der Waals surface area contributed by atoms with E-state index in [4.69, 9.17) is 0 Å². The molecule has 0 unspecified atom stereocenters. The zero-order chi connectivity index (χ0) is 13.9. The second-order valence-corrected chi connectivity index (χ2v) is 6.94. The van der Waals surface area contributed by atoms with Crippen molar-refractivity contribution >= 4 is 26.7 Å². The third kappa shape index (κ3) is 1.47. The second-order valence-electron chi connectivity index (χ2n) is 6.02.